The molecule has 1 aromatic carbocycles. The van der Waals surface area contributed by atoms with E-state index in [2.05, 4.69) is 15.5 Å². The van der Waals surface area contributed by atoms with E-state index in [-0.39, 0.29) is 29.7 Å². The fourth-order valence-electron chi connectivity index (χ4n) is 3.04. The maximum Gasteiger partial charge on any atom is 0.194 e. The summed E-state index contributed by atoms with van der Waals surface area (Å²) in [5, 5.41) is 7.35. The van der Waals surface area contributed by atoms with Crippen molar-refractivity contribution in [2.24, 2.45) is 4.99 Å². The van der Waals surface area contributed by atoms with Crippen LogP contribution in [0.3, 0.4) is 0 Å². The highest BCUT2D eigenvalue weighted by molar-refractivity contribution is 14.0. The Morgan fingerprint density at radius 1 is 1.32 bits per heavy atom. The predicted molar refractivity (Wildman–Crippen MR) is 122 cm³/mol. The average Bonchev–Trinajstić information content (AvgIpc) is 3.11. The normalized spacial score (nSPS) is 18.4. The van der Waals surface area contributed by atoms with Crippen LogP contribution in [-0.2, 0) is 16.4 Å². The molecule has 2 heterocycles. The van der Waals surface area contributed by atoms with Crippen molar-refractivity contribution in [3.05, 3.63) is 42.2 Å². The van der Waals surface area contributed by atoms with Gasteiger partial charge in [-0.2, -0.15) is 0 Å². The molecule has 2 aromatic rings. The van der Waals surface area contributed by atoms with E-state index >= 15 is 0 Å². The molecule has 0 amide bonds. The van der Waals surface area contributed by atoms with Gasteiger partial charge in [-0.3, -0.25) is 0 Å². The first kappa shape index (κ1) is 22.7. The van der Waals surface area contributed by atoms with Crippen molar-refractivity contribution in [2.75, 3.05) is 25.4 Å². The lowest BCUT2D eigenvalue weighted by molar-refractivity contribution is 0.350. The summed E-state index contributed by atoms with van der Waals surface area (Å²) in [6.45, 7) is 7.40. The highest BCUT2D eigenvalue weighted by atomic mass is 127. The van der Waals surface area contributed by atoms with Crippen molar-refractivity contribution in [3.8, 4) is 11.3 Å². The van der Waals surface area contributed by atoms with Gasteiger partial charge in [0.25, 0.3) is 0 Å². The van der Waals surface area contributed by atoms with Gasteiger partial charge in [-0.25, -0.2) is 13.4 Å². The Hall–Kier alpha value is -1.62. The van der Waals surface area contributed by atoms with Crippen molar-refractivity contribution < 1.29 is 12.9 Å². The number of aliphatic imine (C=N–C) groups is 1. The Kier molecular flexibility index (Phi) is 7.49. The Morgan fingerprint density at radius 3 is 2.68 bits per heavy atom. The number of guanidine groups is 1. The molecule has 0 unspecified atom stereocenters. The lowest BCUT2D eigenvalue weighted by Gasteiger charge is -2.39. The second-order valence-corrected chi connectivity index (χ2v) is 9.96. The van der Waals surface area contributed by atoms with Crippen molar-refractivity contribution >= 4 is 39.8 Å². The maximum absolute atomic E-state index is 12.2. The predicted octanol–water partition coefficient (Wildman–Crippen LogP) is 2.93. The first-order valence-corrected chi connectivity index (χ1v) is 10.7. The van der Waals surface area contributed by atoms with E-state index in [1.54, 1.807) is 13.8 Å². The number of nitrogens with zero attached hydrogens (tertiary/aromatic N) is 3. The third kappa shape index (κ3) is 5.05. The van der Waals surface area contributed by atoms with Crippen LogP contribution in [0.2, 0.25) is 0 Å². The van der Waals surface area contributed by atoms with Crippen LogP contribution < -0.4 is 5.32 Å². The van der Waals surface area contributed by atoms with Crippen LogP contribution in [0, 0.1) is 0 Å². The zero-order valence-electron chi connectivity index (χ0n) is 16.4. The molecule has 1 N–H and O–H groups in total. The Bertz CT molecular complexity index is 910. The van der Waals surface area contributed by atoms with Crippen LogP contribution in [0.1, 0.15) is 26.5 Å². The highest BCUT2D eigenvalue weighted by Crippen LogP contribution is 2.24. The molecule has 0 bridgehead atoms. The van der Waals surface area contributed by atoms with E-state index in [1.165, 1.54) is 0 Å². The zero-order chi connectivity index (χ0) is 19.5. The summed E-state index contributed by atoms with van der Waals surface area (Å²) in [4.78, 5) is 6.63. The number of benzene rings is 1. The summed E-state index contributed by atoms with van der Waals surface area (Å²) in [5.41, 5.74) is 1.77. The number of halogens is 1. The smallest absolute Gasteiger partial charge is 0.194 e. The monoisotopic (exact) mass is 518 g/mol. The van der Waals surface area contributed by atoms with Gasteiger partial charge in [0.05, 0.1) is 10.5 Å². The first-order chi connectivity index (χ1) is 12.8. The summed E-state index contributed by atoms with van der Waals surface area (Å²) >= 11 is 0. The molecule has 28 heavy (non-hydrogen) atoms. The van der Waals surface area contributed by atoms with E-state index in [0.717, 1.165) is 11.3 Å². The summed E-state index contributed by atoms with van der Waals surface area (Å²) in [5.74, 6) is 1.48. The van der Waals surface area contributed by atoms with Gasteiger partial charge in [0.15, 0.2) is 21.6 Å². The van der Waals surface area contributed by atoms with E-state index in [0.29, 0.717) is 37.9 Å². The molecule has 9 heteroatoms. The molecule has 0 saturated carbocycles. The maximum atomic E-state index is 12.2. The van der Waals surface area contributed by atoms with E-state index in [1.807, 2.05) is 48.2 Å². The van der Waals surface area contributed by atoms with Gasteiger partial charge < -0.3 is 14.7 Å². The molecule has 1 aromatic heterocycles. The second kappa shape index (κ2) is 9.25. The number of hydrogen-bond acceptors (Lipinski definition) is 5. The van der Waals surface area contributed by atoms with Gasteiger partial charge in [-0.05, 0) is 20.8 Å². The van der Waals surface area contributed by atoms with Gasteiger partial charge in [-0.15, -0.1) is 24.0 Å². The van der Waals surface area contributed by atoms with Gasteiger partial charge >= 0.3 is 0 Å². The first-order valence-electron chi connectivity index (χ1n) is 9.09. The molecule has 0 radical (unpaired) electrons. The summed E-state index contributed by atoms with van der Waals surface area (Å²) < 4.78 is 29.1. The van der Waals surface area contributed by atoms with Crippen LogP contribution in [-0.4, -0.2) is 54.6 Å². The van der Waals surface area contributed by atoms with Crippen LogP contribution in [0.15, 0.2) is 45.9 Å². The van der Waals surface area contributed by atoms with Crippen molar-refractivity contribution in [1.82, 2.24) is 15.4 Å². The van der Waals surface area contributed by atoms with Crippen LogP contribution in [0.4, 0.5) is 0 Å². The molecule has 0 atom stereocenters. The van der Waals surface area contributed by atoms with Crippen LogP contribution >= 0.6 is 24.0 Å². The molecule has 1 saturated heterocycles. The lowest BCUT2D eigenvalue weighted by Crippen LogP contribution is -2.57. The van der Waals surface area contributed by atoms with E-state index in [4.69, 9.17) is 4.52 Å². The van der Waals surface area contributed by atoms with Crippen molar-refractivity contribution in [2.45, 2.75) is 32.1 Å². The second-order valence-electron chi connectivity index (χ2n) is 7.21. The number of rotatable bonds is 4. The summed E-state index contributed by atoms with van der Waals surface area (Å²) in [6, 6.07) is 11.7. The minimum absolute atomic E-state index is 0. The van der Waals surface area contributed by atoms with Gasteiger partial charge in [-0.1, -0.05) is 35.5 Å². The highest BCUT2D eigenvalue weighted by Gasteiger charge is 2.40. The van der Waals surface area contributed by atoms with Crippen molar-refractivity contribution in [1.29, 1.82) is 0 Å². The molecular formula is C19H27IN4O3S. The fraction of sp³-hybridized carbons (Fsp3) is 0.474. The van der Waals surface area contributed by atoms with Crippen molar-refractivity contribution in [3.63, 3.8) is 0 Å². The number of aromatic nitrogens is 1. The molecule has 1 aliphatic rings. The summed E-state index contributed by atoms with van der Waals surface area (Å²) in [6.07, 6.45) is 0. The minimum atomic E-state index is -3.09. The average molecular weight is 518 g/mol. The largest absolute Gasteiger partial charge is 0.359 e. The van der Waals surface area contributed by atoms with E-state index in [9.17, 15) is 8.42 Å². The molecule has 3 rings (SSSR count). The molecule has 7 nitrogen and oxygen atoms in total. The third-order valence-electron chi connectivity index (χ3n) is 4.69. The molecule has 154 valence electrons. The minimum Gasteiger partial charge on any atom is -0.359 e. The molecule has 1 aliphatic heterocycles. The Balaban J connectivity index is 0.00000280. The van der Waals surface area contributed by atoms with Crippen LogP contribution in [0.25, 0.3) is 11.3 Å². The van der Waals surface area contributed by atoms with E-state index < -0.39 is 14.6 Å². The molecule has 1 fully saturated rings. The number of hydrogen-bond donors (Lipinski definition) is 1. The molecule has 0 spiro atoms. The number of nitrogens with one attached hydrogen (secondary N) is 1. The number of sulfone groups is 1. The van der Waals surface area contributed by atoms with Gasteiger partial charge in [0.2, 0.25) is 0 Å². The standard InChI is InChI=1S/C19H26N4O3S.HI/c1-4-20-18(23-10-11-27(24,25)19(2,3)14-23)21-13-16-12-17(22-26-16)15-8-6-5-7-9-15;/h5-9,12H,4,10-11,13-14H2,1-3H3,(H,20,21);1H. The molecular weight excluding hydrogens is 491 g/mol. The SMILES string of the molecule is CCNC(=NCc1cc(-c2ccccc2)no1)N1CCS(=O)(=O)C(C)(C)C1.I. The topological polar surface area (TPSA) is 87.8 Å². The quantitative estimate of drug-likeness (QED) is 0.381. The summed E-state index contributed by atoms with van der Waals surface area (Å²) in [7, 11) is -3.09. The Morgan fingerprint density at radius 2 is 2.04 bits per heavy atom. The van der Waals surface area contributed by atoms with Gasteiger partial charge in [0.1, 0.15) is 12.2 Å². The third-order valence-corrected chi connectivity index (χ3v) is 7.22. The lowest BCUT2D eigenvalue weighted by atomic mass is 10.1. The zero-order valence-corrected chi connectivity index (χ0v) is 19.5. The molecule has 0 aliphatic carbocycles. The fourth-order valence-corrected chi connectivity index (χ4v) is 4.40. The Labute approximate surface area is 183 Å². The van der Waals surface area contributed by atoms with Crippen LogP contribution in [0.5, 0.6) is 0 Å². The van der Waals surface area contributed by atoms with Gasteiger partial charge in [0, 0.05) is 31.3 Å².